The van der Waals surface area contributed by atoms with Gasteiger partial charge in [0.25, 0.3) is 0 Å². The molecule has 1 atom stereocenters. The minimum atomic E-state index is -1.44. The van der Waals surface area contributed by atoms with Crippen LogP contribution in [0.15, 0.2) is 23.8 Å². The van der Waals surface area contributed by atoms with Gasteiger partial charge in [-0.1, -0.05) is 77.9 Å². The molecule has 0 aliphatic rings. The van der Waals surface area contributed by atoms with Crippen molar-refractivity contribution < 1.29 is 29.3 Å². The van der Waals surface area contributed by atoms with E-state index >= 15 is 0 Å². The molecular weight excluding hydrogens is 360 g/mol. The lowest BCUT2D eigenvalue weighted by molar-refractivity contribution is -0.142. The van der Waals surface area contributed by atoms with Crippen LogP contribution in [0.3, 0.4) is 0 Å². The van der Waals surface area contributed by atoms with E-state index in [2.05, 4.69) is 13.5 Å². The fraction of sp³-hybridized carbons (Fsp3) is 0.682. The summed E-state index contributed by atoms with van der Waals surface area (Å²) in [6.07, 6.45) is 11.7. The SMILES string of the molecule is C=C(C(=O)O)C(C=C(CCCCCCCCC)C(=O)OCCCCC)C(=O)O. The normalized spacial score (nSPS) is 12.4. The number of hydrogen-bond donors (Lipinski definition) is 2. The molecule has 0 heterocycles. The van der Waals surface area contributed by atoms with Crippen molar-refractivity contribution in [3.05, 3.63) is 23.8 Å². The summed E-state index contributed by atoms with van der Waals surface area (Å²) >= 11 is 0. The summed E-state index contributed by atoms with van der Waals surface area (Å²) in [6, 6.07) is 0. The molecule has 0 fully saturated rings. The summed E-state index contributed by atoms with van der Waals surface area (Å²) in [5.41, 5.74) is -0.247. The van der Waals surface area contributed by atoms with Crippen molar-refractivity contribution in [2.45, 2.75) is 84.5 Å². The van der Waals surface area contributed by atoms with Crippen LogP contribution in [0.4, 0.5) is 0 Å². The van der Waals surface area contributed by atoms with Crippen LogP contribution in [0.25, 0.3) is 0 Å². The molecule has 0 amide bonds. The van der Waals surface area contributed by atoms with Gasteiger partial charge in [0, 0.05) is 11.1 Å². The second-order valence-corrected chi connectivity index (χ2v) is 7.05. The highest BCUT2D eigenvalue weighted by molar-refractivity contribution is 5.96. The highest BCUT2D eigenvalue weighted by Crippen LogP contribution is 2.20. The predicted molar refractivity (Wildman–Crippen MR) is 109 cm³/mol. The Morgan fingerprint density at radius 1 is 0.893 bits per heavy atom. The van der Waals surface area contributed by atoms with Crippen LogP contribution >= 0.6 is 0 Å². The van der Waals surface area contributed by atoms with E-state index in [1.807, 2.05) is 6.92 Å². The monoisotopic (exact) mass is 396 g/mol. The van der Waals surface area contributed by atoms with E-state index in [1.54, 1.807) is 0 Å². The maximum atomic E-state index is 12.4. The summed E-state index contributed by atoms with van der Waals surface area (Å²) in [4.78, 5) is 35.0. The molecule has 0 rings (SSSR count). The van der Waals surface area contributed by atoms with Crippen molar-refractivity contribution in [1.29, 1.82) is 0 Å². The zero-order valence-electron chi connectivity index (χ0n) is 17.4. The predicted octanol–water partition coefficient (Wildman–Crippen LogP) is 5.13. The van der Waals surface area contributed by atoms with Crippen molar-refractivity contribution in [1.82, 2.24) is 0 Å². The zero-order valence-corrected chi connectivity index (χ0v) is 17.4. The number of hydrogen-bond acceptors (Lipinski definition) is 4. The van der Waals surface area contributed by atoms with Crippen molar-refractivity contribution >= 4 is 17.9 Å². The highest BCUT2D eigenvalue weighted by Gasteiger charge is 2.26. The molecule has 0 bridgehead atoms. The van der Waals surface area contributed by atoms with Gasteiger partial charge in [0.1, 0.15) is 5.92 Å². The minimum Gasteiger partial charge on any atom is -0.481 e. The number of rotatable bonds is 17. The first-order chi connectivity index (χ1) is 13.3. The molecule has 0 saturated carbocycles. The average Bonchev–Trinajstić information content (AvgIpc) is 2.65. The van der Waals surface area contributed by atoms with Gasteiger partial charge in [-0.15, -0.1) is 0 Å². The van der Waals surface area contributed by atoms with Gasteiger partial charge in [-0.25, -0.2) is 9.59 Å². The van der Waals surface area contributed by atoms with Gasteiger partial charge in [0.2, 0.25) is 0 Å². The summed E-state index contributed by atoms with van der Waals surface area (Å²) in [6.45, 7) is 7.82. The Morgan fingerprint density at radius 3 is 1.96 bits per heavy atom. The number of unbranched alkanes of at least 4 members (excludes halogenated alkanes) is 8. The summed E-state index contributed by atoms with van der Waals surface area (Å²) in [5, 5.41) is 18.4. The lowest BCUT2D eigenvalue weighted by Crippen LogP contribution is -2.21. The maximum absolute atomic E-state index is 12.4. The molecule has 1 unspecified atom stereocenters. The van der Waals surface area contributed by atoms with Gasteiger partial charge in [-0.05, 0) is 19.3 Å². The Morgan fingerprint density at radius 2 is 1.43 bits per heavy atom. The van der Waals surface area contributed by atoms with E-state index in [1.165, 1.54) is 25.3 Å². The quantitative estimate of drug-likeness (QED) is 0.201. The van der Waals surface area contributed by atoms with Crippen LogP contribution in [0.1, 0.15) is 84.5 Å². The van der Waals surface area contributed by atoms with Gasteiger partial charge in [-0.3, -0.25) is 4.79 Å². The fourth-order valence-corrected chi connectivity index (χ4v) is 2.79. The van der Waals surface area contributed by atoms with Crippen molar-refractivity contribution in [2.24, 2.45) is 5.92 Å². The number of aliphatic carboxylic acids is 2. The second kappa shape index (κ2) is 15.9. The van der Waals surface area contributed by atoms with E-state index in [4.69, 9.17) is 9.84 Å². The van der Waals surface area contributed by atoms with Crippen molar-refractivity contribution in [3.63, 3.8) is 0 Å². The van der Waals surface area contributed by atoms with E-state index in [9.17, 15) is 19.5 Å². The van der Waals surface area contributed by atoms with Crippen LogP contribution in [0, 0.1) is 5.92 Å². The Hall–Kier alpha value is -2.11. The first-order valence-electron chi connectivity index (χ1n) is 10.4. The molecule has 0 saturated heterocycles. The number of carboxylic acid groups (broad SMARTS) is 2. The van der Waals surface area contributed by atoms with E-state index in [-0.39, 0.29) is 12.2 Å². The largest absolute Gasteiger partial charge is 0.481 e. The summed E-state index contributed by atoms with van der Waals surface area (Å²) < 4.78 is 5.26. The standard InChI is InChI=1S/C22H36O6/c1-4-6-8-9-10-11-12-14-18(22(27)28-15-13-7-5-2)16-19(21(25)26)17(3)20(23)24/h16,19H,3-15H2,1-2H3,(H,23,24)(H,25,26). The third-order valence-corrected chi connectivity index (χ3v) is 4.58. The van der Waals surface area contributed by atoms with Crippen LogP contribution in [-0.2, 0) is 19.1 Å². The molecule has 0 spiro atoms. The van der Waals surface area contributed by atoms with Crippen LogP contribution in [0.2, 0.25) is 0 Å². The van der Waals surface area contributed by atoms with Crippen LogP contribution in [0.5, 0.6) is 0 Å². The Balaban J connectivity index is 4.98. The van der Waals surface area contributed by atoms with Gasteiger partial charge < -0.3 is 14.9 Å². The number of ether oxygens (including phenoxy) is 1. The van der Waals surface area contributed by atoms with Crippen molar-refractivity contribution in [3.8, 4) is 0 Å². The summed E-state index contributed by atoms with van der Waals surface area (Å²) in [7, 11) is 0. The van der Waals surface area contributed by atoms with Crippen molar-refractivity contribution in [2.75, 3.05) is 6.61 Å². The molecule has 0 aromatic carbocycles. The van der Waals surface area contributed by atoms with E-state index in [0.29, 0.717) is 6.42 Å². The molecule has 0 aromatic heterocycles. The zero-order chi connectivity index (χ0) is 21.4. The number of esters is 1. The minimum absolute atomic E-state index is 0.222. The molecule has 2 N–H and O–H groups in total. The molecule has 6 nitrogen and oxygen atoms in total. The molecule has 0 radical (unpaired) electrons. The summed E-state index contributed by atoms with van der Waals surface area (Å²) in [5.74, 6) is -4.75. The molecular formula is C22H36O6. The number of carbonyl (C=O) groups is 3. The maximum Gasteiger partial charge on any atom is 0.333 e. The topological polar surface area (TPSA) is 101 Å². The third kappa shape index (κ3) is 11.6. The number of carboxylic acids is 2. The van der Waals surface area contributed by atoms with Crippen LogP contribution in [-0.4, -0.2) is 34.7 Å². The van der Waals surface area contributed by atoms with Gasteiger partial charge >= 0.3 is 17.9 Å². The second-order valence-electron chi connectivity index (χ2n) is 7.05. The Bertz CT molecular complexity index is 535. The lowest BCUT2D eigenvalue weighted by Gasteiger charge is -2.13. The lowest BCUT2D eigenvalue weighted by atomic mass is 9.95. The van der Waals surface area contributed by atoms with Gasteiger partial charge in [0.15, 0.2) is 0 Å². The molecule has 0 aliphatic carbocycles. The van der Waals surface area contributed by atoms with Gasteiger partial charge in [0.05, 0.1) is 6.61 Å². The first-order valence-corrected chi connectivity index (χ1v) is 10.4. The van der Waals surface area contributed by atoms with Crippen LogP contribution < -0.4 is 0 Å². The smallest absolute Gasteiger partial charge is 0.333 e. The molecule has 0 aromatic rings. The molecule has 160 valence electrons. The fourth-order valence-electron chi connectivity index (χ4n) is 2.79. The molecule has 6 heteroatoms. The first kappa shape index (κ1) is 25.9. The van der Waals surface area contributed by atoms with Gasteiger partial charge in [-0.2, -0.15) is 0 Å². The van der Waals surface area contributed by atoms with E-state index in [0.717, 1.165) is 44.9 Å². The Kier molecular flexibility index (Phi) is 14.7. The Labute approximate surface area is 168 Å². The average molecular weight is 397 g/mol. The molecule has 0 aliphatic heterocycles. The molecule has 28 heavy (non-hydrogen) atoms. The third-order valence-electron chi connectivity index (χ3n) is 4.58. The highest BCUT2D eigenvalue weighted by atomic mass is 16.5. The number of carbonyl (C=O) groups excluding carboxylic acids is 1. The van der Waals surface area contributed by atoms with E-state index < -0.39 is 29.4 Å².